The van der Waals surface area contributed by atoms with Crippen molar-refractivity contribution in [2.24, 2.45) is 0 Å². The molecule has 1 unspecified atom stereocenters. The fraction of sp³-hybridized carbons (Fsp3) is 0.444. The number of alkyl carbamates (subject to hydrolysis) is 1. The highest BCUT2D eigenvalue weighted by molar-refractivity contribution is 5.88. The van der Waals surface area contributed by atoms with Crippen molar-refractivity contribution in [2.45, 2.75) is 63.5 Å². The number of aliphatic carboxylic acids is 1. The number of hydrogen-bond acceptors (Lipinski definition) is 4. The fourth-order valence-corrected chi connectivity index (χ4v) is 5.51. The average molecular weight is 465 g/mol. The second-order valence-electron chi connectivity index (χ2n) is 9.31. The molecule has 0 spiro atoms. The molecule has 1 heterocycles. The van der Waals surface area contributed by atoms with Gasteiger partial charge in [0.2, 0.25) is 5.91 Å². The van der Waals surface area contributed by atoms with Crippen molar-refractivity contribution >= 4 is 18.0 Å². The monoisotopic (exact) mass is 464 g/mol. The van der Waals surface area contributed by atoms with E-state index in [1.165, 1.54) is 4.90 Å². The van der Waals surface area contributed by atoms with Crippen LogP contribution in [-0.2, 0) is 14.3 Å². The van der Waals surface area contributed by atoms with Crippen molar-refractivity contribution in [1.29, 1.82) is 0 Å². The largest absolute Gasteiger partial charge is 0.479 e. The molecule has 4 rings (SSSR count). The Kier molecular flexibility index (Phi) is 6.91. The van der Waals surface area contributed by atoms with Gasteiger partial charge < -0.3 is 20.1 Å². The number of carboxylic acid groups (broad SMARTS) is 1. The maximum Gasteiger partial charge on any atom is 0.407 e. The van der Waals surface area contributed by atoms with Gasteiger partial charge in [0, 0.05) is 24.9 Å². The molecule has 1 fully saturated rings. The predicted octanol–water partition coefficient (Wildman–Crippen LogP) is 4.55. The minimum Gasteiger partial charge on any atom is -0.479 e. The summed E-state index contributed by atoms with van der Waals surface area (Å²) >= 11 is 0. The van der Waals surface area contributed by atoms with E-state index in [0.717, 1.165) is 22.3 Å². The topological polar surface area (TPSA) is 95.9 Å². The number of carboxylic acids is 1. The van der Waals surface area contributed by atoms with Crippen LogP contribution in [0.25, 0.3) is 11.1 Å². The summed E-state index contributed by atoms with van der Waals surface area (Å²) in [7, 11) is 0. The Morgan fingerprint density at radius 3 is 2.32 bits per heavy atom. The number of likely N-dealkylation sites (tertiary alicyclic amines) is 1. The van der Waals surface area contributed by atoms with Gasteiger partial charge in [-0.1, -0.05) is 61.9 Å². The third-order valence-electron chi connectivity index (χ3n) is 7.04. The number of ether oxygens (including phenoxy) is 1. The zero-order valence-corrected chi connectivity index (χ0v) is 19.8. The van der Waals surface area contributed by atoms with Crippen LogP contribution in [0.5, 0.6) is 0 Å². The summed E-state index contributed by atoms with van der Waals surface area (Å²) in [5.74, 6) is -1.23. The number of benzene rings is 2. The number of fused-ring (bicyclic) bond motifs is 3. The second-order valence-corrected chi connectivity index (χ2v) is 9.31. The Morgan fingerprint density at radius 2 is 1.74 bits per heavy atom. The highest BCUT2D eigenvalue weighted by Gasteiger charge is 2.49. The number of rotatable bonds is 8. The number of carbonyl (C=O) groups is 3. The van der Waals surface area contributed by atoms with Gasteiger partial charge in [0.1, 0.15) is 12.1 Å². The standard InChI is InChI=1S/C27H32N2O5/c1-3-13-27(25(31)32)14-8-15-29(27)24(30)16-18(2)28-26(33)34-17-23-21-11-6-4-9-19(21)20-10-5-7-12-22(20)23/h4-7,9-12,18,23H,3,8,13-17H2,1-2H3,(H,28,33)(H,31,32)/t18-,27?/m0/s1. The Bertz CT molecular complexity index is 1040. The summed E-state index contributed by atoms with van der Waals surface area (Å²) in [5.41, 5.74) is 3.45. The average Bonchev–Trinajstić information content (AvgIpc) is 3.38. The highest BCUT2D eigenvalue weighted by Crippen LogP contribution is 2.44. The molecule has 7 heteroatoms. The lowest BCUT2D eigenvalue weighted by molar-refractivity contribution is -0.157. The van der Waals surface area contributed by atoms with E-state index in [9.17, 15) is 19.5 Å². The molecule has 0 radical (unpaired) electrons. The maximum atomic E-state index is 12.9. The first-order valence-corrected chi connectivity index (χ1v) is 12.0. The summed E-state index contributed by atoms with van der Waals surface area (Å²) < 4.78 is 5.57. The smallest absolute Gasteiger partial charge is 0.407 e. The minimum absolute atomic E-state index is 0.0307. The van der Waals surface area contributed by atoms with E-state index in [4.69, 9.17) is 4.74 Å². The molecular formula is C27H32N2O5. The van der Waals surface area contributed by atoms with E-state index in [1.807, 2.05) is 31.2 Å². The number of amides is 2. The van der Waals surface area contributed by atoms with Crippen LogP contribution >= 0.6 is 0 Å². The fourth-order valence-electron chi connectivity index (χ4n) is 5.51. The van der Waals surface area contributed by atoms with Crippen molar-refractivity contribution in [3.8, 4) is 11.1 Å². The van der Waals surface area contributed by atoms with Gasteiger partial charge in [0.05, 0.1) is 0 Å². The van der Waals surface area contributed by atoms with Gasteiger partial charge in [0.15, 0.2) is 0 Å². The Morgan fingerprint density at radius 1 is 1.12 bits per heavy atom. The lowest BCUT2D eigenvalue weighted by atomic mass is 9.90. The highest BCUT2D eigenvalue weighted by atomic mass is 16.5. The van der Waals surface area contributed by atoms with Gasteiger partial charge in [-0.15, -0.1) is 0 Å². The molecule has 1 aliphatic heterocycles. The van der Waals surface area contributed by atoms with Crippen molar-refractivity contribution in [3.63, 3.8) is 0 Å². The first kappa shape index (κ1) is 23.8. The van der Waals surface area contributed by atoms with Crippen molar-refractivity contribution < 1.29 is 24.2 Å². The van der Waals surface area contributed by atoms with Crippen LogP contribution < -0.4 is 5.32 Å². The molecule has 2 amide bonds. The molecule has 0 bridgehead atoms. The van der Waals surface area contributed by atoms with E-state index < -0.39 is 23.6 Å². The van der Waals surface area contributed by atoms with E-state index in [-0.39, 0.29) is 24.9 Å². The Labute approximate surface area is 200 Å². The normalized spacial score (nSPS) is 19.9. The van der Waals surface area contributed by atoms with Crippen molar-refractivity contribution in [1.82, 2.24) is 10.2 Å². The first-order valence-electron chi connectivity index (χ1n) is 12.0. The zero-order valence-electron chi connectivity index (χ0n) is 19.8. The molecule has 2 aromatic rings. The number of nitrogens with zero attached hydrogens (tertiary/aromatic N) is 1. The summed E-state index contributed by atoms with van der Waals surface area (Å²) in [6.07, 6.45) is 1.71. The number of hydrogen-bond donors (Lipinski definition) is 2. The van der Waals surface area contributed by atoms with Crippen LogP contribution in [0.1, 0.15) is 63.0 Å². The summed E-state index contributed by atoms with van der Waals surface area (Å²) in [6, 6.07) is 15.8. The molecule has 2 aliphatic rings. The number of nitrogens with one attached hydrogen (secondary N) is 1. The quantitative estimate of drug-likeness (QED) is 0.598. The molecule has 0 saturated carbocycles. The van der Waals surface area contributed by atoms with Gasteiger partial charge in [-0.2, -0.15) is 0 Å². The molecule has 2 aromatic carbocycles. The second kappa shape index (κ2) is 9.87. The van der Waals surface area contributed by atoms with Crippen LogP contribution in [-0.4, -0.2) is 52.7 Å². The van der Waals surface area contributed by atoms with E-state index in [1.54, 1.807) is 6.92 Å². The lowest BCUT2D eigenvalue weighted by Crippen LogP contribution is -2.54. The van der Waals surface area contributed by atoms with Crippen LogP contribution in [0.2, 0.25) is 0 Å². The summed E-state index contributed by atoms with van der Waals surface area (Å²) in [4.78, 5) is 39.0. The molecule has 0 aromatic heterocycles. The SMILES string of the molecule is CCCC1(C(=O)O)CCCN1C(=O)C[C@H](C)NC(=O)OCC1c2ccccc2-c2ccccc21. The van der Waals surface area contributed by atoms with Crippen LogP contribution in [0, 0.1) is 0 Å². The van der Waals surface area contributed by atoms with Crippen LogP contribution in [0.3, 0.4) is 0 Å². The number of carbonyl (C=O) groups excluding carboxylic acids is 2. The lowest BCUT2D eigenvalue weighted by Gasteiger charge is -2.35. The van der Waals surface area contributed by atoms with Crippen molar-refractivity contribution in [2.75, 3.05) is 13.2 Å². The van der Waals surface area contributed by atoms with Crippen LogP contribution in [0.4, 0.5) is 4.79 Å². The molecule has 2 atom stereocenters. The molecule has 180 valence electrons. The van der Waals surface area contributed by atoms with E-state index >= 15 is 0 Å². The molecule has 1 saturated heterocycles. The van der Waals surface area contributed by atoms with Crippen LogP contribution in [0.15, 0.2) is 48.5 Å². The zero-order chi connectivity index (χ0) is 24.3. The molecular weight excluding hydrogens is 432 g/mol. The molecule has 2 N–H and O–H groups in total. The first-order chi connectivity index (χ1) is 16.4. The Balaban J connectivity index is 1.34. The molecule has 7 nitrogen and oxygen atoms in total. The Hall–Kier alpha value is -3.35. The van der Waals surface area contributed by atoms with Gasteiger partial charge in [0.25, 0.3) is 0 Å². The van der Waals surface area contributed by atoms with E-state index in [2.05, 4.69) is 29.6 Å². The molecule has 34 heavy (non-hydrogen) atoms. The van der Waals surface area contributed by atoms with Gasteiger partial charge in [-0.3, -0.25) is 4.79 Å². The predicted molar refractivity (Wildman–Crippen MR) is 129 cm³/mol. The third kappa shape index (κ3) is 4.39. The third-order valence-corrected chi connectivity index (χ3v) is 7.04. The van der Waals surface area contributed by atoms with Gasteiger partial charge in [-0.05, 0) is 48.4 Å². The summed E-state index contributed by atoms with van der Waals surface area (Å²) in [5, 5.41) is 12.6. The molecule has 1 aliphatic carbocycles. The van der Waals surface area contributed by atoms with Gasteiger partial charge >= 0.3 is 12.1 Å². The summed E-state index contributed by atoms with van der Waals surface area (Å²) in [6.45, 7) is 4.29. The van der Waals surface area contributed by atoms with Gasteiger partial charge in [-0.25, -0.2) is 9.59 Å². The maximum absolute atomic E-state index is 12.9. The minimum atomic E-state index is -1.13. The van der Waals surface area contributed by atoms with Crippen molar-refractivity contribution in [3.05, 3.63) is 59.7 Å². The van der Waals surface area contributed by atoms with E-state index in [0.29, 0.717) is 32.2 Å².